The Bertz CT molecular complexity index is 315. The first-order chi connectivity index (χ1) is 7.63. The highest BCUT2D eigenvalue weighted by Crippen LogP contribution is 2.11. The van der Waals surface area contributed by atoms with Gasteiger partial charge in [0, 0.05) is 18.7 Å². The summed E-state index contributed by atoms with van der Waals surface area (Å²) in [7, 11) is 4.13. The summed E-state index contributed by atoms with van der Waals surface area (Å²) in [6.45, 7) is 5.63. The summed E-state index contributed by atoms with van der Waals surface area (Å²) >= 11 is 0. The van der Waals surface area contributed by atoms with Gasteiger partial charge >= 0.3 is 0 Å². The van der Waals surface area contributed by atoms with Crippen LogP contribution in [0.3, 0.4) is 0 Å². The van der Waals surface area contributed by atoms with Crippen molar-refractivity contribution in [2.75, 3.05) is 32.6 Å². The van der Waals surface area contributed by atoms with E-state index < -0.39 is 0 Å². The molecular weight excluding hydrogens is 202 g/mol. The maximum absolute atomic E-state index is 5.34. The Morgan fingerprint density at radius 1 is 1.44 bits per heavy atom. The van der Waals surface area contributed by atoms with Crippen LogP contribution in [0.25, 0.3) is 0 Å². The average molecular weight is 223 g/mol. The van der Waals surface area contributed by atoms with E-state index in [-0.39, 0.29) is 0 Å². The minimum atomic E-state index is 0.470. The molecule has 1 aromatic rings. The number of anilines is 1. The Hall–Kier alpha value is -1.29. The van der Waals surface area contributed by atoms with Crippen LogP contribution in [0.1, 0.15) is 13.8 Å². The van der Waals surface area contributed by atoms with Crippen LogP contribution in [-0.4, -0.2) is 43.2 Å². The fraction of sp³-hybridized carbons (Fsp3) is 0.583. The van der Waals surface area contributed by atoms with Gasteiger partial charge in [-0.25, -0.2) is 0 Å². The maximum Gasteiger partial charge on any atom is 0.215 e. The van der Waals surface area contributed by atoms with Crippen molar-refractivity contribution < 1.29 is 4.74 Å². The van der Waals surface area contributed by atoms with E-state index in [0.717, 1.165) is 12.4 Å². The lowest BCUT2D eigenvalue weighted by atomic mass is 10.3. The molecule has 4 heteroatoms. The maximum atomic E-state index is 5.34. The van der Waals surface area contributed by atoms with Crippen molar-refractivity contribution in [3.05, 3.63) is 18.2 Å². The van der Waals surface area contributed by atoms with Crippen LogP contribution >= 0.6 is 0 Å². The molecule has 1 unspecified atom stereocenters. The van der Waals surface area contributed by atoms with Crippen molar-refractivity contribution in [3.63, 3.8) is 0 Å². The smallest absolute Gasteiger partial charge is 0.215 e. The van der Waals surface area contributed by atoms with Gasteiger partial charge in [-0.2, -0.15) is 4.98 Å². The zero-order valence-electron chi connectivity index (χ0n) is 10.5. The van der Waals surface area contributed by atoms with E-state index in [9.17, 15) is 0 Å². The molecule has 0 aliphatic carbocycles. The number of likely N-dealkylation sites (N-methyl/N-ethyl adjacent to an activating group) is 1. The number of nitrogens with zero attached hydrogens (tertiary/aromatic N) is 2. The van der Waals surface area contributed by atoms with E-state index in [2.05, 4.69) is 36.2 Å². The van der Waals surface area contributed by atoms with Gasteiger partial charge in [0.1, 0.15) is 5.82 Å². The summed E-state index contributed by atoms with van der Waals surface area (Å²) in [6, 6.07) is 6.23. The molecule has 0 aliphatic rings. The van der Waals surface area contributed by atoms with Gasteiger partial charge in [0.2, 0.25) is 5.88 Å². The van der Waals surface area contributed by atoms with Crippen LogP contribution in [0.5, 0.6) is 5.88 Å². The highest BCUT2D eigenvalue weighted by Gasteiger charge is 2.04. The van der Waals surface area contributed by atoms with E-state index in [1.54, 1.807) is 0 Å². The molecule has 0 spiro atoms. The molecule has 0 aliphatic heterocycles. The first-order valence-electron chi connectivity index (χ1n) is 5.63. The molecule has 0 saturated heterocycles. The lowest BCUT2D eigenvalue weighted by Gasteiger charge is -2.20. The third-order valence-corrected chi connectivity index (χ3v) is 2.48. The second-order valence-electron chi connectivity index (χ2n) is 3.99. The van der Waals surface area contributed by atoms with Crippen molar-refractivity contribution in [1.82, 2.24) is 9.88 Å². The van der Waals surface area contributed by atoms with Gasteiger partial charge in [-0.3, -0.25) is 0 Å². The lowest BCUT2D eigenvalue weighted by molar-refractivity contribution is 0.323. The van der Waals surface area contributed by atoms with Crippen LogP contribution in [0.15, 0.2) is 18.2 Å². The van der Waals surface area contributed by atoms with E-state index in [1.165, 1.54) is 0 Å². The normalized spacial score (nSPS) is 12.6. The second kappa shape index (κ2) is 6.33. The van der Waals surface area contributed by atoms with Crippen molar-refractivity contribution in [1.29, 1.82) is 0 Å². The Kier molecular flexibility index (Phi) is 5.05. The van der Waals surface area contributed by atoms with E-state index in [0.29, 0.717) is 18.5 Å². The summed E-state index contributed by atoms with van der Waals surface area (Å²) in [5.74, 6) is 1.53. The second-order valence-corrected chi connectivity index (χ2v) is 3.99. The number of nitrogens with one attached hydrogen (secondary N) is 1. The minimum Gasteiger partial charge on any atom is -0.478 e. The topological polar surface area (TPSA) is 37.4 Å². The molecule has 1 aromatic heterocycles. The third kappa shape index (κ3) is 4.06. The number of ether oxygens (including phenoxy) is 1. The Morgan fingerprint density at radius 3 is 2.81 bits per heavy atom. The summed E-state index contributed by atoms with van der Waals surface area (Å²) in [5.41, 5.74) is 0. The molecule has 4 nitrogen and oxygen atoms in total. The fourth-order valence-corrected chi connectivity index (χ4v) is 1.18. The third-order valence-electron chi connectivity index (χ3n) is 2.48. The molecule has 0 radical (unpaired) electrons. The summed E-state index contributed by atoms with van der Waals surface area (Å²) < 4.78 is 5.34. The highest BCUT2D eigenvalue weighted by atomic mass is 16.5. The Balaban J connectivity index is 2.50. The zero-order valence-corrected chi connectivity index (χ0v) is 10.5. The standard InChI is InChI=1S/C12H21N3O/c1-5-16-12-8-6-7-11(14-12)13-9-10(2)15(3)4/h6-8,10H,5,9H2,1-4H3,(H,13,14). The van der Waals surface area contributed by atoms with Crippen molar-refractivity contribution >= 4 is 5.82 Å². The molecule has 1 heterocycles. The molecule has 0 aromatic carbocycles. The van der Waals surface area contributed by atoms with Crippen LogP contribution in [-0.2, 0) is 0 Å². The monoisotopic (exact) mass is 223 g/mol. The molecule has 0 bridgehead atoms. The number of rotatable bonds is 6. The molecule has 0 fully saturated rings. The first kappa shape index (κ1) is 12.8. The lowest BCUT2D eigenvalue weighted by Crippen LogP contribution is -2.31. The molecule has 0 amide bonds. The summed E-state index contributed by atoms with van der Waals surface area (Å²) in [6.07, 6.45) is 0. The zero-order chi connectivity index (χ0) is 12.0. The number of hydrogen-bond acceptors (Lipinski definition) is 4. The van der Waals surface area contributed by atoms with Gasteiger partial charge in [-0.15, -0.1) is 0 Å². The SMILES string of the molecule is CCOc1cccc(NCC(C)N(C)C)n1. The quantitative estimate of drug-likeness (QED) is 0.798. The molecule has 0 saturated carbocycles. The molecule has 1 rings (SSSR count). The van der Waals surface area contributed by atoms with Crippen molar-refractivity contribution in [3.8, 4) is 5.88 Å². The molecule has 1 N–H and O–H groups in total. The highest BCUT2D eigenvalue weighted by molar-refractivity contribution is 5.37. The van der Waals surface area contributed by atoms with E-state index in [1.807, 2.05) is 25.1 Å². The predicted octanol–water partition coefficient (Wildman–Crippen LogP) is 1.84. The minimum absolute atomic E-state index is 0.470. The number of pyridine rings is 1. The first-order valence-corrected chi connectivity index (χ1v) is 5.63. The predicted molar refractivity (Wildman–Crippen MR) is 67.0 cm³/mol. The average Bonchev–Trinajstić information content (AvgIpc) is 2.26. The number of hydrogen-bond donors (Lipinski definition) is 1. The molecular formula is C12H21N3O. The van der Waals surface area contributed by atoms with Crippen LogP contribution in [0.2, 0.25) is 0 Å². The van der Waals surface area contributed by atoms with E-state index in [4.69, 9.17) is 4.74 Å². The molecule has 90 valence electrons. The van der Waals surface area contributed by atoms with Crippen LogP contribution < -0.4 is 10.1 Å². The largest absolute Gasteiger partial charge is 0.478 e. The van der Waals surface area contributed by atoms with Gasteiger partial charge in [0.25, 0.3) is 0 Å². The Morgan fingerprint density at radius 2 is 2.19 bits per heavy atom. The fourth-order valence-electron chi connectivity index (χ4n) is 1.18. The molecule has 1 atom stereocenters. The summed E-state index contributed by atoms with van der Waals surface area (Å²) in [5, 5.41) is 3.29. The van der Waals surface area contributed by atoms with Crippen LogP contribution in [0.4, 0.5) is 5.82 Å². The summed E-state index contributed by atoms with van der Waals surface area (Å²) in [4.78, 5) is 6.51. The van der Waals surface area contributed by atoms with E-state index >= 15 is 0 Å². The van der Waals surface area contributed by atoms with Gasteiger partial charge in [-0.1, -0.05) is 6.07 Å². The van der Waals surface area contributed by atoms with Gasteiger partial charge in [-0.05, 0) is 34.0 Å². The van der Waals surface area contributed by atoms with Gasteiger partial charge in [0.15, 0.2) is 0 Å². The Labute approximate surface area is 97.6 Å². The van der Waals surface area contributed by atoms with Crippen molar-refractivity contribution in [2.45, 2.75) is 19.9 Å². The van der Waals surface area contributed by atoms with Gasteiger partial charge < -0.3 is 15.0 Å². The number of aromatic nitrogens is 1. The molecule has 16 heavy (non-hydrogen) atoms. The van der Waals surface area contributed by atoms with Crippen molar-refractivity contribution in [2.24, 2.45) is 0 Å². The van der Waals surface area contributed by atoms with Gasteiger partial charge in [0.05, 0.1) is 6.61 Å². The van der Waals surface area contributed by atoms with Crippen LogP contribution in [0, 0.1) is 0 Å².